The van der Waals surface area contributed by atoms with Gasteiger partial charge in [-0.15, -0.1) is 0 Å². The standard InChI is InChI=1S/C15H32N4O/c1-4-17-15(2,14(16)20)8-7-9-18(3)12-13-19-10-5-6-11-19/h17H,4-13H2,1-3H3,(H2,16,20). The van der Waals surface area contributed by atoms with E-state index >= 15 is 0 Å². The lowest BCUT2D eigenvalue weighted by Crippen LogP contribution is -2.53. The van der Waals surface area contributed by atoms with Crippen molar-refractivity contribution in [1.82, 2.24) is 15.1 Å². The molecule has 0 radical (unpaired) electrons. The molecule has 3 N–H and O–H groups in total. The van der Waals surface area contributed by atoms with Crippen LogP contribution in [-0.2, 0) is 4.79 Å². The highest BCUT2D eigenvalue weighted by Crippen LogP contribution is 2.12. The van der Waals surface area contributed by atoms with E-state index in [1.807, 2.05) is 13.8 Å². The van der Waals surface area contributed by atoms with Gasteiger partial charge in [0.25, 0.3) is 0 Å². The second-order valence-electron chi connectivity index (χ2n) is 6.18. The van der Waals surface area contributed by atoms with Crippen LogP contribution in [0, 0.1) is 0 Å². The maximum Gasteiger partial charge on any atom is 0.237 e. The molecule has 1 aliphatic rings. The van der Waals surface area contributed by atoms with Crippen LogP contribution in [0.1, 0.15) is 39.5 Å². The average molecular weight is 284 g/mol. The van der Waals surface area contributed by atoms with Gasteiger partial charge in [-0.25, -0.2) is 0 Å². The quantitative estimate of drug-likeness (QED) is 0.618. The summed E-state index contributed by atoms with van der Waals surface area (Å²) in [5.41, 5.74) is 4.93. The van der Waals surface area contributed by atoms with Gasteiger partial charge in [-0.05, 0) is 65.8 Å². The first-order chi connectivity index (χ1) is 9.48. The molecule has 0 aromatic carbocycles. The maximum absolute atomic E-state index is 11.5. The van der Waals surface area contributed by atoms with Crippen LogP contribution in [0.2, 0.25) is 0 Å². The van der Waals surface area contributed by atoms with E-state index in [9.17, 15) is 4.79 Å². The van der Waals surface area contributed by atoms with Gasteiger partial charge >= 0.3 is 0 Å². The third kappa shape index (κ3) is 5.77. The molecule has 0 bridgehead atoms. The number of likely N-dealkylation sites (N-methyl/N-ethyl adjacent to an activating group) is 2. The molecule has 5 heteroatoms. The van der Waals surface area contributed by atoms with Gasteiger partial charge in [-0.3, -0.25) is 4.79 Å². The van der Waals surface area contributed by atoms with E-state index in [2.05, 4.69) is 22.2 Å². The molecule has 1 fully saturated rings. The molecule has 0 spiro atoms. The lowest BCUT2D eigenvalue weighted by molar-refractivity contribution is -0.124. The Kier molecular flexibility index (Phi) is 7.48. The van der Waals surface area contributed by atoms with Crippen molar-refractivity contribution < 1.29 is 4.79 Å². The van der Waals surface area contributed by atoms with E-state index in [1.165, 1.54) is 25.9 Å². The molecule has 1 heterocycles. The second kappa shape index (κ2) is 8.60. The fourth-order valence-corrected chi connectivity index (χ4v) is 2.82. The number of primary amides is 1. The summed E-state index contributed by atoms with van der Waals surface area (Å²) in [6.07, 6.45) is 4.49. The van der Waals surface area contributed by atoms with Crippen LogP contribution in [0.4, 0.5) is 0 Å². The number of hydrogen-bond acceptors (Lipinski definition) is 4. The van der Waals surface area contributed by atoms with E-state index in [4.69, 9.17) is 5.73 Å². The summed E-state index contributed by atoms with van der Waals surface area (Å²) in [4.78, 5) is 16.4. The minimum atomic E-state index is -0.565. The molecule has 1 saturated heterocycles. The summed E-state index contributed by atoms with van der Waals surface area (Å²) < 4.78 is 0. The zero-order chi connectivity index (χ0) is 15.0. The number of nitrogens with two attached hydrogens (primary N) is 1. The Morgan fingerprint density at radius 3 is 2.55 bits per heavy atom. The van der Waals surface area contributed by atoms with Crippen molar-refractivity contribution in [1.29, 1.82) is 0 Å². The fraction of sp³-hybridized carbons (Fsp3) is 0.933. The Morgan fingerprint density at radius 1 is 1.35 bits per heavy atom. The van der Waals surface area contributed by atoms with E-state index in [0.717, 1.165) is 39.0 Å². The highest BCUT2D eigenvalue weighted by molar-refractivity contribution is 5.84. The molecule has 1 aliphatic heterocycles. The number of amides is 1. The van der Waals surface area contributed by atoms with E-state index in [-0.39, 0.29) is 5.91 Å². The average Bonchev–Trinajstić information content (AvgIpc) is 2.89. The van der Waals surface area contributed by atoms with Crippen molar-refractivity contribution >= 4 is 5.91 Å². The molecule has 1 unspecified atom stereocenters. The van der Waals surface area contributed by atoms with Crippen LogP contribution in [0.3, 0.4) is 0 Å². The Labute approximate surface area is 123 Å². The highest BCUT2D eigenvalue weighted by Gasteiger charge is 2.29. The Morgan fingerprint density at radius 2 is 2.00 bits per heavy atom. The summed E-state index contributed by atoms with van der Waals surface area (Å²) >= 11 is 0. The fourth-order valence-electron chi connectivity index (χ4n) is 2.82. The van der Waals surface area contributed by atoms with Gasteiger partial charge in [0, 0.05) is 13.1 Å². The lowest BCUT2D eigenvalue weighted by Gasteiger charge is -2.28. The van der Waals surface area contributed by atoms with Crippen LogP contribution in [-0.4, -0.2) is 67.6 Å². The molecule has 20 heavy (non-hydrogen) atoms. The summed E-state index contributed by atoms with van der Waals surface area (Å²) in [7, 11) is 2.16. The zero-order valence-corrected chi connectivity index (χ0v) is 13.5. The number of carbonyl (C=O) groups is 1. The smallest absolute Gasteiger partial charge is 0.237 e. The second-order valence-corrected chi connectivity index (χ2v) is 6.18. The van der Waals surface area contributed by atoms with Crippen molar-refractivity contribution in [3.05, 3.63) is 0 Å². The number of carbonyl (C=O) groups excluding carboxylic acids is 1. The van der Waals surface area contributed by atoms with E-state index < -0.39 is 5.54 Å². The summed E-state index contributed by atoms with van der Waals surface area (Å²) in [5, 5.41) is 3.21. The van der Waals surface area contributed by atoms with Crippen molar-refractivity contribution in [3.63, 3.8) is 0 Å². The van der Waals surface area contributed by atoms with E-state index in [1.54, 1.807) is 0 Å². The predicted octanol–water partition coefficient (Wildman–Crippen LogP) is 0.648. The molecular weight excluding hydrogens is 252 g/mol. The van der Waals surface area contributed by atoms with Crippen molar-refractivity contribution in [2.45, 2.75) is 45.1 Å². The van der Waals surface area contributed by atoms with Crippen LogP contribution in [0.5, 0.6) is 0 Å². The predicted molar refractivity (Wildman–Crippen MR) is 83.7 cm³/mol. The molecular formula is C15H32N4O. The van der Waals surface area contributed by atoms with Crippen molar-refractivity contribution in [3.8, 4) is 0 Å². The van der Waals surface area contributed by atoms with Crippen LogP contribution in [0.15, 0.2) is 0 Å². The Hall–Kier alpha value is -0.650. The number of nitrogens with one attached hydrogen (secondary N) is 1. The SMILES string of the molecule is CCNC(C)(CCCN(C)CCN1CCCC1)C(N)=O. The van der Waals surface area contributed by atoms with Gasteiger partial charge in [0.2, 0.25) is 5.91 Å². The molecule has 0 saturated carbocycles. The largest absolute Gasteiger partial charge is 0.368 e. The third-order valence-electron chi connectivity index (χ3n) is 4.32. The zero-order valence-electron chi connectivity index (χ0n) is 13.5. The third-order valence-corrected chi connectivity index (χ3v) is 4.32. The first kappa shape index (κ1) is 17.4. The normalized spacial score (nSPS) is 19.4. The molecule has 5 nitrogen and oxygen atoms in total. The Bertz CT molecular complexity index is 292. The lowest BCUT2D eigenvalue weighted by atomic mass is 9.95. The van der Waals surface area contributed by atoms with Crippen molar-refractivity contribution in [2.24, 2.45) is 5.73 Å². The monoisotopic (exact) mass is 284 g/mol. The molecule has 1 amide bonds. The number of likely N-dealkylation sites (tertiary alicyclic amines) is 1. The Balaban J connectivity index is 2.19. The number of nitrogens with zero attached hydrogens (tertiary/aromatic N) is 2. The van der Waals surface area contributed by atoms with Crippen molar-refractivity contribution in [2.75, 3.05) is 46.3 Å². The number of hydrogen-bond donors (Lipinski definition) is 2. The first-order valence-electron chi connectivity index (χ1n) is 7.94. The maximum atomic E-state index is 11.5. The van der Waals surface area contributed by atoms with Crippen LogP contribution >= 0.6 is 0 Å². The highest BCUT2D eigenvalue weighted by atomic mass is 16.1. The van der Waals surface area contributed by atoms with Gasteiger partial charge in [0.15, 0.2) is 0 Å². The minimum Gasteiger partial charge on any atom is -0.368 e. The summed E-state index contributed by atoms with van der Waals surface area (Å²) in [6, 6.07) is 0. The number of rotatable bonds is 10. The summed E-state index contributed by atoms with van der Waals surface area (Å²) in [5.74, 6) is -0.251. The molecule has 1 rings (SSSR count). The molecule has 118 valence electrons. The minimum absolute atomic E-state index is 0.251. The van der Waals surface area contributed by atoms with Gasteiger partial charge in [-0.1, -0.05) is 6.92 Å². The van der Waals surface area contributed by atoms with Crippen LogP contribution < -0.4 is 11.1 Å². The van der Waals surface area contributed by atoms with Gasteiger partial charge in [-0.2, -0.15) is 0 Å². The molecule has 1 atom stereocenters. The molecule has 0 aromatic heterocycles. The van der Waals surface area contributed by atoms with Gasteiger partial charge in [0.1, 0.15) is 0 Å². The first-order valence-corrected chi connectivity index (χ1v) is 7.94. The van der Waals surface area contributed by atoms with Crippen LogP contribution in [0.25, 0.3) is 0 Å². The topological polar surface area (TPSA) is 61.6 Å². The molecule has 0 aliphatic carbocycles. The van der Waals surface area contributed by atoms with Gasteiger partial charge in [0.05, 0.1) is 5.54 Å². The van der Waals surface area contributed by atoms with Gasteiger partial charge < -0.3 is 20.9 Å². The summed E-state index contributed by atoms with van der Waals surface area (Å²) in [6.45, 7) is 10.5. The van der Waals surface area contributed by atoms with E-state index in [0.29, 0.717) is 0 Å². The molecule has 0 aromatic rings.